The summed E-state index contributed by atoms with van der Waals surface area (Å²) in [5.41, 5.74) is 0. The minimum absolute atomic E-state index is 0.110. The van der Waals surface area contributed by atoms with Crippen LogP contribution in [-0.2, 0) is 22.8 Å². The zero-order valence-corrected chi connectivity index (χ0v) is 15.8. The molecule has 0 heterocycles. The Bertz CT molecular complexity index is 256. The van der Waals surface area contributed by atoms with E-state index in [-0.39, 0.29) is 5.97 Å². The second-order valence-electron chi connectivity index (χ2n) is 5.07. The van der Waals surface area contributed by atoms with Crippen LogP contribution < -0.4 is 0 Å². The van der Waals surface area contributed by atoms with Crippen LogP contribution in [0.25, 0.3) is 0 Å². The predicted octanol–water partition coefficient (Wildman–Crippen LogP) is 3.94. The Morgan fingerprint density at radius 2 is 1.27 bits per heavy atom. The molecule has 0 bridgehead atoms. The third-order valence-electron chi connectivity index (χ3n) is 3.27. The Labute approximate surface area is 137 Å². The van der Waals surface area contributed by atoms with Gasteiger partial charge in [-0.2, -0.15) is 0 Å². The first kappa shape index (κ1) is 21.6. The molecule has 0 aliphatic carbocycles. The SMILES string of the molecule is CCO[Si](CCCCCCCOC(=O)CC)(OCC)OCC. The van der Waals surface area contributed by atoms with Crippen LogP contribution >= 0.6 is 0 Å². The van der Waals surface area contributed by atoms with Crippen LogP contribution in [0, 0.1) is 0 Å². The fraction of sp³-hybridized carbons (Fsp3) is 0.938. The Hall–Kier alpha value is -0.433. The van der Waals surface area contributed by atoms with Crippen molar-refractivity contribution in [2.24, 2.45) is 0 Å². The predicted molar refractivity (Wildman–Crippen MR) is 89.8 cm³/mol. The molecule has 0 unspecified atom stereocenters. The quantitative estimate of drug-likeness (QED) is 0.258. The van der Waals surface area contributed by atoms with Crippen molar-refractivity contribution >= 4 is 14.8 Å². The molecule has 22 heavy (non-hydrogen) atoms. The van der Waals surface area contributed by atoms with Gasteiger partial charge in [0.2, 0.25) is 0 Å². The Morgan fingerprint density at radius 3 is 1.77 bits per heavy atom. The Balaban J connectivity index is 3.81. The van der Waals surface area contributed by atoms with E-state index >= 15 is 0 Å². The highest BCUT2D eigenvalue weighted by molar-refractivity contribution is 6.60. The third-order valence-corrected chi connectivity index (χ3v) is 6.42. The minimum Gasteiger partial charge on any atom is -0.466 e. The van der Waals surface area contributed by atoms with Crippen molar-refractivity contribution in [3.05, 3.63) is 0 Å². The molecule has 0 aromatic rings. The Morgan fingerprint density at radius 1 is 0.773 bits per heavy atom. The zero-order valence-electron chi connectivity index (χ0n) is 14.8. The smallest absolute Gasteiger partial charge is 0.466 e. The van der Waals surface area contributed by atoms with Gasteiger partial charge in [-0.15, -0.1) is 0 Å². The van der Waals surface area contributed by atoms with Crippen LogP contribution in [0.4, 0.5) is 0 Å². The van der Waals surface area contributed by atoms with Gasteiger partial charge in [0.25, 0.3) is 0 Å². The maximum Gasteiger partial charge on any atom is 0.500 e. The molecule has 0 radical (unpaired) electrons. The van der Waals surface area contributed by atoms with E-state index in [1.807, 2.05) is 27.7 Å². The van der Waals surface area contributed by atoms with E-state index in [0.29, 0.717) is 32.8 Å². The molecular weight excluding hydrogens is 300 g/mol. The molecular formula is C16H34O5Si. The van der Waals surface area contributed by atoms with Crippen LogP contribution in [0.5, 0.6) is 0 Å². The largest absolute Gasteiger partial charge is 0.500 e. The lowest BCUT2D eigenvalue weighted by atomic mass is 10.2. The molecule has 0 N–H and O–H groups in total. The molecule has 0 rings (SSSR count). The van der Waals surface area contributed by atoms with Gasteiger partial charge < -0.3 is 18.0 Å². The highest BCUT2D eigenvalue weighted by atomic mass is 28.4. The van der Waals surface area contributed by atoms with E-state index in [1.165, 1.54) is 0 Å². The first-order valence-corrected chi connectivity index (χ1v) is 10.6. The van der Waals surface area contributed by atoms with Crippen molar-refractivity contribution in [2.45, 2.75) is 72.3 Å². The fourth-order valence-corrected chi connectivity index (χ4v) is 4.95. The molecule has 0 aromatic heterocycles. The Kier molecular flexibility index (Phi) is 13.9. The molecule has 5 nitrogen and oxygen atoms in total. The summed E-state index contributed by atoms with van der Waals surface area (Å²) >= 11 is 0. The van der Waals surface area contributed by atoms with Crippen LogP contribution in [0.2, 0.25) is 6.04 Å². The average molecular weight is 335 g/mol. The van der Waals surface area contributed by atoms with Gasteiger partial charge in [-0.3, -0.25) is 4.79 Å². The van der Waals surface area contributed by atoms with Crippen molar-refractivity contribution < 1.29 is 22.8 Å². The first-order valence-electron chi connectivity index (χ1n) is 8.71. The number of hydrogen-bond donors (Lipinski definition) is 0. The molecule has 0 saturated heterocycles. The summed E-state index contributed by atoms with van der Waals surface area (Å²) in [6.45, 7) is 10.2. The van der Waals surface area contributed by atoms with Crippen LogP contribution in [0.3, 0.4) is 0 Å². The fourth-order valence-electron chi connectivity index (χ4n) is 2.26. The molecule has 0 fully saturated rings. The average Bonchev–Trinajstić information content (AvgIpc) is 2.50. The van der Waals surface area contributed by atoms with Crippen molar-refractivity contribution in [1.82, 2.24) is 0 Å². The van der Waals surface area contributed by atoms with Gasteiger partial charge in [0, 0.05) is 32.3 Å². The van der Waals surface area contributed by atoms with Crippen LogP contribution in [-0.4, -0.2) is 41.2 Å². The number of carbonyl (C=O) groups is 1. The van der Waals surface area contributed by atoms with E-state index in [4.69, 9.17) is 18.0 Å². The number of hydrogen-bond acceptors (Lipinski definition) is 5. The van der Waals surface area contributed by atoms with Crippen molar-refractivity contribution in [3.8, 4) is 0 Å². The second-order valence-corrected chi connectivity index (χ2v) is 7.81. The van der Waals surface area contributed by atoms with E-state index < -0.39 is 8.80 Å². The summed E-state index contributed by atoms with van der Waals surface area (Å²) in [7, 11) is -2.46. The monoisotopic (exact) mass is 334 g/mol. The van der Waals surface area contributed by atoms with Gasteiger partial charge in [-0.25, -0.2) is 0 Å². The molecule has 0 atom stereocenters. The van der Waals surface area contributed by atoms with Crippen molar-refractivity contribution in [2.75, 3.05) is 26.4 Å². The normalized spacial score (nSPS) is 11.6. The lowest BCUT2D eigenvalue weighted by Gasteiger charge is -2.28. The molecule has 0 aliphatic heterocycles. The highest BCUT2D eigenvalue weighted by Crippen LogP contribution is 2.20. The van der Waals surface area contributed by atoms with E-state index in [0.717, 1.165) is 38.1 Å². The minimum atomic E-state index is -2.46. The van der Waals surface area contributed by atoms with Crippen molar-refractivity contribution in [3.63, 3.8) is 0 Å². The van der Waals surface area contributed by atoms with Gasteiger partial charge in [0.15, 0.2) is 0 Å². The van der Waals surface area contributed by atoms with Gasteiger partial charge in [-0.05, 0) is 33.6 Å². The zero-order chi connectivity index (χ0) is 16.7. The van der Waals surface area contributed by atoms with E-state index in [1.54, 1.807) is 0 Å². The number of ether oxygens (including phenoxy) is 1. The van der Waals surface area contributed by atoms with Gasteiger partial charge >= 0.3 is 14.8 Å². The van der Waals surface area contributed by atoms with E-state index in [2.05, 4.69) is 0 Å². The number of carbonyl (C=O) groups excluding carboxylic acids is 1. The molecule has 0 amide bonds. The highest BCUT2D eigenvalue weighted by Gasteiger charge is 2.39. The molecule has 6 heteroatoms. The maximum absolute atomic E-state index is 11.0. The first-order chi connectivity index (χ1) is 10.6. The standard InChI is InChI=1S/C16H34O5Si/c1-5-16(17)18-14-12-10-9-11-13-15-22(19-6-2,20-7-3)21-8-4/h5-15H2,1-4H3. The van der Waals surface area contributed by atoms with Crippen LogP contribution in [0.1, 0.15) is 66.2 Å². The molecule has 0 aromatic carbocycles. The molecule has 132 valence electrons. The van der Waals surface area contributed by atoms with Crippen LogP contribution in [0.15, 0.2) is 0 Å². The lowest BCUT2D eigenvalue weighted by Crippen LogP contribution is -2.45. The van der Waals surface area contributed by atoms with E-state index in [9.17, 15) is 4.79 Å². The number of rotatable bonds is 15. The molecule has 0 spiro atoms. The topological polar surface area (TPSA) is 54.0 Å². The summed E-state index contributed by atoms with van der Waals surface area (Å²) in [5.74, 6) is -0.110. The molecule has 0 saturated carbocycles. The maximum atomic E-state index is 11.0. The summed E-state index contributed by atoms with van der Waals surface area (Å²) < 4.78 is 22.5. The summed E-state index contributed by atoms with van der Waals surface area (Å²) in [5, 5.41) is 0. The van der Waals surface area contributed by atoms with Gasteiger partial charge in [0.1, 0.15) is 0 Å². The summed E-state index contributed by atoms with van der Waals surface area (Å²) in [6, 6.07) is 0.882. The van der Waals surface area contributed by atoms with Gasteiger partial charge in [0.05, 0.1) is 6.61 Å². The summed E-state index contributed by atoms with van der Waals surface area (Å²) in [6.07, 6.45) is 5.81. The van der Waals surface area contributed by atoms with Crippen molar-refractivity contribution in [1.29, 1.82) is 0 Å². The lowest BCUT2D eigenvalue weighted by molar-refractivity contribution is -0.143. The van der Waals surface area contributed by atoms with Gasteiger partial charge in [-0.1, -0.05) is 26.2 Å². The summed E-state index contributed by atoms with van der Waals surface area (Å²) in [4.78, 5) is 11.0. The second kappa shape index (κ2) is 14.2. The molecule has 0 aliphatic rings. The third kappa shape index (κ3) is 10.3. The number of unbranched alkanes of at least 4 members (excludes halogenated alkanes) is 4. The number of esters is 1.